The van der Waals surface area contributed by atoms with Crippen molar-refractivity contribution >= 4 is 40.1 Å². The molecule has 2 rings (SSSR count). The van der Waals surface area contributed by atoms with Gasteiger partial charge in [0, 0.05) is 12.4 Å². The van der Waals surface area contributed by atoms with Gasteiger partial charge in [0.1, 0.15) is 5.69 Å². The summed E-state index contributed by atoms with van der Waals surface area (Å²) in [5, 5.41) is 1.69. The van der Waals surface area contributed by atoms with Gasteiger partial charge < -0.3 is 9.30 Å². The van der Waals surface area contributed by atoms with Crippen molar-refractivity contribution in [3.05, 3.63) is 33.9 Å². The van der Waals surface area contributed by atoms with E-state index in [0.717, 1.165) is 10.9 Å². The van der Waals surface area contributed by atoms with Crippen LogP contribution in [0.5, 0.6) is 0 Å². The Morgan fingerprint density at radius 3 is 2.71 bits per heavy atom. The van der Waals surface area contributed by atoms with E-state index in [4.69, 9.17) is 27.9 Å². The fraction of sp³-hybridized carbons (Fsp3) is 0.250. The van der Waals surface area contributed by atoms with Crippen molar-refractivity contribution in [3.63, 3.8) is 0 Å². The Kier molecular flexibility index (Phi) is 3.31. The first-order valence-corrected chi connectivity index (χ1v) is 5.93. The molecule has 0 aliphatic heterocycles. The van der Waals surface area contributed by atoms with Crippen LogP contribution < -0.4 is 0 Å². The number of aromatic nitrogens is 1. The van der Waals surface area contributed by atoms with Crippen molar-refractivity contribution in [2.75, 3.05) is 6.61 Å². The lowest BCUT2D eigenvalue weighted by Gasteiger charge is -2.04. The van der Waals surface area contributed by atoms with Gasteiger partial charge in [0.05, 0.1) is 22.2 Å². The van der Waals surface area contributed by atoms with Crippen LogP contribution in [0.15, 0.2) is 18.2 Å². The van der Waals surface area contributed by atoms with E-state index in [-0.39, 0.29) is 0 Å². The summed E-state index contributed by atoms with van der Waals surface area (Å²) in [5.74, 6) is -0.438. The Hall–Kier alpha value is -1.19. The largest absolute Gasteiger partial charge is 0.461 e. The maximum atomic E-state index is 11.8. The van der Waals surface area contributed by atoms with Crippen LogP contribution in [0, 0.1) is 0 Å². The molecule has 90 valence electrons. The van der Waals surface area contributed by atoms with Crippen molar-refractivity contribution in [2.24, 2.45) is 7.05 Å². The number of hydrogen-bond acceptors (Lipinski definition) is 2. The number of halogens is 2. The second-order valence-electron chi connectivity index (χ2n) is 3.58. The first-order chi connectivity index (χ1) is 8.07. The van der Waals surface area contributed by atoms with E-state index in [0.29, 0.717) is 22.3 Å². The maximum absolute atomic E-state index is 11.8. The number of aryl methyl sites for hydroxylation is 1. The van der Waals surface area contributed by atoms with Crippen LogP contribution in [-0.2, 0) is 11.8 Å². The summed E-state index contributed by atoms with van der Waals surface area (Å²) in [4.78, 5) is 11.8. The molecule has 0 bridgehead atoms. The van der Waals surface area contributed by atoms with Gasteiger partial charge in [-0.15, -0.1) is 0 Å². The Labute approximate surface area is 109 Å². The highest BCUT2D eigenvalue weighted by Crippen LogP contribution is 2.34. The van der Waals surface area contributed by atoms with Gasteiger partial charge in [-0.1, -0.05) is 35.3 Å². The minimum atomic E-state index is -0.438. The molecular formula is C12H11Cl2NO2. The number of rotatable bonds is 2. The highest BCUT2D eigenvalue weighted by atomic mass is 35.5. The molecule has 1 heterocycles. The van der Waals surface area contributed by atoms with E-state index in [1.54, 1.807) is 30.7 Å². The molecule has 2 aromatic rings. The van der Waals surface area contributed by atoms with E-state index >= 15 is 0 Å². The summed E-state index contributed by atoms with van der Waals surface area (Å²) in [6.07, 6.45) is 0. The molecule has 0 N–H and O–H groups in total. The second kappa shape index (κ2) is 4.59. The topological polar surface area (TPSA) is 31.2 Å². The van der Waals surface area contributed by atoms with Gasteiger partial charge in [0.2, 0.25) is 0 Å². The van der Waals surface area contributed by atoms with Crippen LogP contribution in [0.3, 0.4) is 0 Å². The number of carbonyl (C=O) groups excluding carboxylic acids is 1. The van der Waals surface area contributed by atoms with Crippen molar-refractivity contribution in [1.29, 1.82) is 0 Å². The van der Waals surface area contributed by atoms with Gasteiger partial charge in [0.25, 0.3) is 0 Å². The summed E-state index contributed by atoms with van der Waals surface area (Å²) < 4.78 is 6.64. The number of fused-ring (bicyclic) bond motifs is 1. The Morgan fingerprint density at radius 2 is 2.12 bits per heavy atom. The molecule has 1 aromatic carbocycles. The average molecular weight is 272 g/mol. The third kappa shape index (κ3) is 1.90. The highest BCUT2D eigenvalue weighted by molar-refractivity contribution is 6.41. The van der Waals surface area contributed by atoms with Gasteiger partial charge in [0.15, 0.2) is 0 Å². The molecule has 0 radical (unpaired) electrons. The van der Waals surface area contributed by atoms with Gasteiger partial charge in [-0.2, -0.15) is 0 Å². The summed E-state index contributed by atoms with van der Waals surface area (Å²) in [5.41, 5.74) is 1.07. The van der Waals surface area contributed by atoms with E-state index in [9.17, 15) is 4.79 Å². The van der Waals surface area contributed by atoms with Crippen LogP contribution in [-0.4, -0.2) is 17.1 Å². The highest BCUT2D eigenvalue weighted by Gasteiger charge is 2.21. The zero-order valence-corrected chi connectivity index (χ0v) is 11.0. The molecule has 0 amide bonds. The molecule has 0 saturated heterocycles. The number of ether oxygens (including phenoxy) is 1. The molecular weight excluding hydrogens is 261 g/mol. The first-order valence-electron chi connectivity index (χ1n) is 5.17. The van der Waals surface area contributed by atoms with E-state index in [2.05, 4.69) is 0 Å². The summed E-state index contributed by atoms with van der Waals surface area (Å²) in [6, 6.07) is 5.38. The Balaban J connectivity index is 2.73. The fourth-order valence-electron chi connectivity index (χ4n) is 1.85. The predicted molar refractivity (Wildman–Crippen MR) is 68.9 cm³/mol. The molecule has 5 heteroatoms. The van der Waals surface area contributed by atoms with Crippen molar-refractivity contribution in [2.45, 2.75) is 6.92 Å². The van der Waals surface area contributed by atoms with Gasteiger partial charge in [-0.25, -0.2) is 4.79 Å². The smallest absolute Gasteiger partial charge is 0.356 e. The van der Waals surface area contributed by atoms with Crippen LogP contribution in [0.1, 0.15) is 17.4 Å². The van der Waals surface area contributed by atoms with Crippen molar-refractivity contribution < 1.29 is 9.53 Å². The van der Waals surface area contributed by atoms with Gasteiger partial charge in [-0.05, 0) is 13.0 Å². The summed E-state index contributed by atoms with van der Waals surface area (Å²) in [7, 11) is 1.74. The molecule has 3 nitrogen and oxygen atoms in total. The predicted octanol–water partition coefficient (Wildman–Crippen LogP) is 3.66. The maximum Gasteiger partial charge on any atom is 0.356 e. The minimum absolute atomic E-state index is 0.310. The normalized spacial score (nSPS) is 10.8. The van der Waals surface area contributed by atoms with Gasteiger partial charge >= 0.3 is 5.97 Å². The molecule has 0 atom stereocenters. The number of nitrogens with zero attached hydrogens (tertiary/aromatic N) is 1. The van der Waals surface area contributed by atoms with E-state index in [1.807, 2.05) is 6.07 Å². The van der Waals surface area contributed by atoms with Crippen LogP contribution in [0.2, 0.25) is 10.0 Å². The molecule has 0 aliphatic rings. The monoisotopic (exact) mass is 271 g/mol. The third-order valence-electron chi connectivity index (χ3n) is 2.57. The fourth-order valence-corrected chi connectivity index (χ4v) is 2.50. The first kappa shape index (κ1) is 12.3. The van der Waals surface area contributed by atoms with Crippen LogP contribution in [0.25, 0.3) is 10.9 Å². The van der Waals surface area contributed by atoms with Gasteiger partial charge in [-0.3, -0.25) is 0 Å². The SMILES string of the molecule is CCOC(=O)c1c(Cl)c2cccc(Cl)c2n1C. The molecule has 1 aromatic heterocycles. The van der Waals surface area contributed by atoms with Crippen LogP contribution >= 0.6 is 23.2 Å². The lowest BCUT2D eigenvalue weighted by atomic mass is 10.2. The summed E-state index contributed by atoms with van der Waals surface area (Å²) in [6.45, 7) is 2.06. The molecule has 17 heavy (non-hydrogen) atoms. The number of para-hydroxylation sites is 1. The Morgan fingerprint density at radius 1 is 1.41 bits per heavy atom. The number of carbonyl (C=O) groups is 1. The van der Waals surface area contributed by atoms with Crippen LogP contribution in [0.4, 0.5) is 0 Å². The molecule has 0 unspecified atom stereocenters. The third-order valence-corrected chi connectivity index (χ3v) is 3.26. The molecule has 0 spiro atoms. The number of benzene rings is 1. The molecule has 0 aliphatic carbocycles. The lowest BCUT2D eigenvalue weighted by Crippen LogP contribution is -2.10. The van der Waals surface area contributed by atoms with E-state index in [1.165, 1.54) is 0 Å². The van der Waals surface area contributed by atoms with Crippen molar-refractivity contribution in [1.82, 2.24) is 4.57 Å². The van der Waals surface area contributed by atoms with Crippen molar-refractivity contribution in [3.8, 4) is 0 Å². The quantitative estimate of drug-likeness (QED) is 0.781. The zero-order valence-electron chi connectivity index (χ0n) is 9.46. The minimum Gasteiger partial charge on any atom is -0.461 e. The molecule has 0 saturated carbocycles. The number of esters is 1. The average Bonchev–Trinajstić information content (AvgIpc) is 2.53. The van der Waals surface area contributed by atoms with E-state index < -0.39 is 5.97 Å². The molecule has 0 fully saturated rings. The Bertz CT molecular complexity index is 590. The second-order valence-corrected chi connectivity index (χ2v) is 4.36. The standard InChI is InChI=1S/C12H11Cl2NO2/c1-3-17-12(16)11-9(14)7-5-4-6-8(13)10(7)15(11)2/h4-6H,3H2,1-2H3. The zero-order chi connectivity index (χ0) is 12.6. The lowest BCUT2D eigenvalue weighted by molar-refractivity contribution is 0.0516. The number of hydrogen-bond donors (Lipinski definition) is 0. The summed E-state index contributed by atoms with van der Waals surface area (Å²) >= 11 is 12.3.